The van der Waals surface area contributed by atoms with Gasteiger partial charge in [-0.3, -0.25) is 0 Å². The smallest absolute Gasteiger partial charge is 0.151 e. The molecule has 0 bridgehead atoms. The number of sulfone groups is 1. The van der Waals surface area contributed by atoms with E-state index in [2.05, 4.69) is 21.2 Å². The highest BCUT2D eigenvalue weighted by molar-refractivity contribution is 9.10. The van der Waals surface area contributed by atoms with Crippen molar-refractivity contribution in [2.75, 3.05) is 11.5 Å². The number of benzene rings is 1. The second kappa shape index (κ2) is 4.85. The van der Waals surface area contributed by atoms with Gasteiger partial charge in [0.05, 0.1) is 11.5 Å². The molecule has 0 radical (unpaired) electrons. The van der Waals surface area contributed by atoms with Crippen LogP contribution in [0.1, 0.15) is 12.0 Å². The molecule has 1 aliphatic rings. The topological polar surface area (TPSA) is 46.2 Å². The van der Waals surface area contributed by atoms with Crippen molar-refractivity contribution >= 4 is 25.8 Å². The summed E-state index contributed by atoms with van der Waals surface area (Å²) in [6.45, 7) is 0.730. The fourth-order valence-corrected chi connectivity index (χ4v) is 3.79. The molecule has 5 heteroatoms. The quantitative estimate of drug-likeness (QED) is 0.925. The standard InChI is InChI=1S/C11H14BrNO2S/c12-10-3-1-9(2-4-10)7-13-11-5-6-16(14,15)8-11/h1-4,11,13H,5-8H2/t11-/m0/s1. The van der Waals surface area contributed by atoms with Gasteiger partial charge in [-0.15, -0.1) is 0 Å². The Hall–Kier alpha value is -0.390. The summed E-state index contributed by atoms with van der Waals surface area (Å²) in [5.74, 6) is 0.606. The third-order valence-electron chi connectivity index (χ3n) is 2.74. The molecule has 1 saturated heterocycles. The van der Waals surface area contributed by atoms with E-state index in [9.17, 15) is 8.42 Å². The van der Waals surface area contributed by atoms with Crippen molar-refractivity contribution in [3.8, 4) is 0 Å². The van der Waals surface area contributed by atoms with Crippen LogP contribution in [-0.4, -0.2) is 26.0 Å². The Morgan fingerprint density at radius 2 is 2.00 bits per heavy atom. The molecular formula is C11H14BrNO2S. The zero-order chi connectivity index (χ0) is 11.6. The van der Waals surface area contributed by atoms with E-state index in [0.717, 1.165) is 17.4 Å². The van der Waals surface area contributed by atoms with Crippen LogP contribution in [-0.2, 0) is 16.4 Å². The number of nitrogens with one attached hydrogen (secondary N) is 1. The fourth-order valence-electron chi connectivity index (χ4n) is 1.82. The lowest BCUT2D eigenvalue weighted by Gasteiger charge is -2.10. The number of rotatable bonds is 3. The molecule has 1 aliphatic heterocycles. The summed E-state index contributed by atoms with van der Waals surface area (Å²) in [6, 6.07) is 8.15. The van der Waals surface area contributed by atoms with Gasteiger partial charge in [0.1, 0.15) is 0 Å². The van der Waals surface area contributed by atoms with Crippen LogP contribution in [0.5, 0.6) is 0 Å². The molecule has 1 aromatic carbocycles. The molecule has 0 saturated carbocycles. The highest BCUT2D eigenvalue weighted by atomic mass is 79.9. The van der Waals surface area contributed by atoms with E-state index in [0.29, 0.717) is 5.75 Å². The summed E-state index contributed by atoms with van der Waals surface area (Å²) >= 11 is 3.38. The third kappa shape index (κ3) is 3.30. The summed E-state index contributed by atoms with van der Waals surface area (Å²) < 4.78 is 23.6. The highest BCUT2D eigenvalue weighted by Crippen LogP contribution is 2.13. The van der Waals surface area contributed by atoms with E-state index in [1.807, 2.05) is 24.3 Å². The third-order valence-corrected chi connectivity index (χ3v) is 5.04. The van der Waals surface area contributed by atoms with Crippen LogP contribution in [0.3, 0.4) is 0 Å². The molecular weight excluding hydrogens is 290 g/mol. The van der Waals surface area contributed by atoms with Crippen LogP contribution >= 0.6 is 15.9 Å². The predicted octanol–water partition coefficient (Wildman–Crippen LogP) is 1.73. The van der Waals surface area contributed by atoms with Crippen molar-refractivity contribution in [1.29, 1.82) is 0 Å². The van der Waals surface area contributed by atoms with Gasteiger partial charge >= 0.3 is 0 Å². The van der Waals surface area contributed by atoms with Crippen molar-refractivity contribution in [3.05, 3.63) is 34.3 Å². The van der Waals surface area contributed by atoms with E-state index >= 15 is 0 Å². The number of hydrogen-bond donors (Lipinski definition) is 1. The first-order valence-corrected chi connectivity index (χ1v) is 7.85. The molecule has 0 aromatic heterocycles. The molecule has 16 heavy (non-hydrogen) atoms. The Balaban J connectivity index is 1.87. The summed E-state index contributed by atoms with van der Waals surface area (Å²) in [7, 11) is -2.78. The summed E-state index contributed by atoms with van der Waals surface area (Å²) in [5.41, 5.74) is 1.17. The van der Waals surface area contributed by atoms with Gasteiger partial charge in [-0.1, -0.05) is 28.1 Å². The minimum Gasteiger partial charge on any atom is -0.309 e. The predicted molar refractivity (Wildman–Crippen MR) is 68.0 cm³/mol. The zero-order valence-electron chi connectivity index (χ0n) is 8.82. The van der Waals surface area contributed by atoms with Gasteiger partial charge in [0, 0.05) is 17.1 Å². The first kappa shape index (κ1) is 12.1. The monoisotopic (exact) mass is 303 g/mol. The Morgan fingerprint density at radius 1 is 1.31 bits per heavy atom. The van der Waals surface area contributed by atoms with Crippen molar-refractivity contribution in [3.63, 3.8) is 0 Å². The maximum Gasteiger partial charge on any atom is 0.151 e. The van der Waals surface area contributed by atoms with Crippen molar-refractivity contribution < 1.29 is 8.42 Å². The molecule has 0 spiro atoms. The summed E-state index contributed by atoms with van der Waals surface area (Å²) in [6.07, 6.45) is 0.735. The van der Waals surface area contributed by atoms with Crippen LogP contribution in [0, 0.1) is 0 Å². The molecule has 1 aromatic rings. The first-order chi connectivity index (χ1) is 7.55. The maximum absolute atomic E-state index is 11.3. The van der Waals surface area contributed by atoms with Crippen molar-refractivity contribution in [2.45, 2.75) is 19.0 Å². The average molecular weight is 304 g/mol. The van der Waals surface area contributed by atoms with Crippen molar-refractivity contribution in [1.82, 2.24) is 5.32 Å². The Labute approximate surface area is 104 Å². The lowest BCUT2D eigenvalue weighted by atomic mass is 10.2. The van der Waals surface area contributed by atoms with Gasteiger partial charge in [-0.05, 0) is 24.1 Å². The van der Waals surface area contributed by atoms with E-state index < -0.39 is 9.84 Å². The lowest BCUT2D eigenvalue weighted by molar-refractivity contribution is 0.554. The number of hydrogen-bond acceptors (Lipinski definition) is 3. The van der Waals surface area contributed by atoms with E-state index in [4.69, 9.17) is 0 Å². The van der Waals surface area contributed by atoms with Crippen LogP contribution < -0.4 is 5.32 Å². The first-order valence-electron chi connectivity index (χ1n) is 5.23. The molecule has 1 atom stereocenters. The minimum atomic E-state index is -2.78. The average Bonchev–Trinajstić information content (AvgIpc) is 2.58. The number of halogens is 1. The molecule has 1 heterocycles. The van der Waals surface area contributed by atoms with Gasteiger partial charge in [0.15, 0.2) is 9.84 Å². The van der Waals surface area contributed by atoms with Gasteiger partial charge in [-0.2, -0.15) is 0 Å². The zero-order valence-corrected chi connectivity index (χ0v) is 11.2. The second-order valence-electron chi connectivity index (χ2n) is 4.11. The lowest BCUT2D eigenvalue weighted by Crippen LogP contribution is -2.29. The van der Waals surface area contributed by atoms with Gasteiger partial charge in [0.2, 0.25) is 0 Å². The Kier molecular flexibility index (Phi) is 3.66. The molecule has 0 aliphatic carbocycles. The molecule has 1 N–H and O–H groups in total. The van der Waals surface area contributed by atoms with Gasteiger partial charge in [0.25, 0.3) is 0 Å². The Morgan fingerprint density at radius 3 is 2.56 bits per heavy atom. The molecule has 1 fully saturated rings. The van der Waals surface area contributed by atoms with Crippen LogP contribution in [0.15, 0.2) is 28.7 Å². The van der Waals surface area contributed by atoms with Crippen LogP contribution in [0.2, 0.25) is 0 Å². The van der Waals surface area contributed by atoms with Gasteiger partial charge in [-0.25, -0.2) is 8.42 Å². The molecule has 2 rings (SSSR count). The fraction of sp³-hybridized carbons (Fsp3) is 0.455. The largest absolute Gasteiger partial charge is 0.309 e. The summed E-state index contributed by atoms with van der Waals surface area (Å²) in [4.78, 5) is 0. The highest BCUT2D eigenvalue weighted by Gasteiger charge is 2.27. The molecule has 0 amide bonds. The Bertz CT molecular complexity index is 455. The van der Waals surface area contributed by atoms with Gasteiger partial charge < -0.3 is 5.32 Å². The maximum atomic E-state index is 11.3. The molecule has 3 nitrogen and oxygen atoms in total. The van der Waals surface area contributed by atoms with E-state index in [1.165, 1.54) is 5.56 Å². The van der Waals surface area contributed by atoms with Crippen molar-refractivity contribution in [2.24, 2.45) is 0 Å². The van der Waals surface area contributed by atoms with Crippen LogP contribution in [0.4, 0.5) is 0 Å². The molecule has 0 unspecified atom stereocenters. The second-order valence-corrected chi connectivity index (χ2v) is 7.25. The van der Waals surface area contributed by atoms with E-state index in [-0.39, 0.29) is 11.8 Å². The SMILES string of the molecule is O=S1(=O)CC[C@H](NCc2ccc(Br)cc2)C1. The minimum absolute atomic E-state index is 0.119. The normalized spacial score (nSPS) is 23.4. The van der Waals surface area contributed by atoms with E-state index in [1.54, 1.807) is 0 Å². The molecule has 88 valence electrons. The summed E-state index contributed by atoms with van der Waals surface area (Å²) in [5, 5.41) is 3.28. The van der Waals surface area contributed by atoms with Crippen LogP contribution in [0.25, 0.3) is 0 Å².